The molecule has 0 saturated carbocycles. The van der Waals surface area contributed by atoms with E-state index < -0.39 is 0 Å². The number of carbonyl (C=O) groups excluding carboxylic acids is 1. The molecule has 0 atom stereocenters. The van der Waals surface area contributed by atoms with E-state index in [2.05, 4.69) is 52.9 Å². The Kier molecular flexibility index (Phi) is 5.52. The third kappa shape index (κ3) is 4.56. The van der Waals surface area contributed by atoms with Gasteiger partial charge in [-0.1, -0.05) is 24.3 Å². The van der Waals surface area contributed by atoms with Gasteiger partial charge in [0.25, 0.3) is 0 Å². The zero-order chi connectivity index (χ0) is 10.2. The van der Waals surface area contributed by atoms with Crippen LogP contribution in [0.3, 0.4) is 0 Å². The SMILES string of the molecule is O=[C]CCC=CCc1ccc(I)cc1. The van der Waals surface area contributed by atoms with Gasteiger partial charge in [-0.05, 0) is 53.1 Å². The minimum Gasteiger partial charge on any atom is -0.291 e. The summed E-state index contributed by atoms with van der Waals surface area (Å²) < 4.78 is 1.26. The van der Waals surface area contributed by atoms with Gasteiger partial charge in [-0.3, -0.25) is 4.79 Å². The van der Waals surface area contributed by atoms with Crippen LogP contribution >= 0.6 is 22.6 Å². The highest BCUT2D eigenvalue weighted by Crippen LogP contribution is 2.07. The van der Waals surface area contributed by atoms with Crippen molar-refractivity contribution in [2.45, 2.75) is 19.3 Å². The monoisotopic (exact) mass is 299 g/mol. The van der Waals surface area contributed by atoms with Gasteiger partial charge >= 0.3 is 0 Å². The summed E-state index contributed by atoms with van der Waals surface area (Å²) in [5.41, 5.74) is 1.30. The van der Waals surface area contributed by atoms with Crippen molar-refractivity contribution >= 4 is 28.9 Å². The summed E-state index contributed by atoms with van der Waals surface area (Å²) in [4.78, 5) is 9.92. The fourth-order valence-corrected chi connectivity index (χ4v) is 1.46. The van der Waals surface area contributed by atoms with Crippen LogP contribution in [0.5, 0.6) is 0 Å². The van der Waals surface area contributed by atoms with Crippen molar-refractivity contribution < 1.29 is 4.79 Å². The molecule has 0 saturated heterocycles. The van der Waals surface area contributed by atoms with E-state index in [0.717, 1.165) is 12.8 Å². The van der Waals surface area contributed by atoms with E-state index in [0.29, 0.717) is 6.42 Å². The summed E-state index contributed by atoms with van der Waals surface area (Å²) in [6.07, 6.45) is 8.24. The molecule has 0 heterocycles. The molecule has 14 heavy (non-hydrogen) atoms. The molecule has 0 fully saturated rings. The number of rotatable bonds is 5. The molecule has 0 aliphatic heterocycles. The Morgan fingerprint density at radius 1 is 1.21 bits per heavy atom. The summed E-state index contributed by atoms with van der Waals surface area (Å²) in [5, 5.41) is 0. The maximum absolute atomic E-state index is 9.92. The van der Waals surface area contributed by atoms with Crippen LogP contribution in [0.2, 0.25) is 0 Å². The predicted octanol–water partition coefficient (Wildman–Crippen LogP) is 3.28. The molecule has 0 unspecified atom stereocenters. The Hall–Kier alpha value is -0.640. The highest BCUT2D eigenvalue weighted by molar-refractivity contribution is 14.1. The molecule has 1 rings (SSSR count). The normalized spacial score (nSPS) is 10.6. The highest BCUT2D eigenvalue weighted by Gasteiger charge is 1.89. The quantitative estimate of drug-likeness (QED) is 0.463. The van der Waals surface area contributed by atoms with Crippen molar-refractivity contribution in [2.75, 3.05) is 0 Å². The van der Waals surface area contributed by atoms with Gasteiger partial charge in [0.15, 0.2) is 6.29 Å². The second-order valence-corrected chi connectivity index (χ2v) is 4.23. The number of hydrogen-bond donors (Lipinski definition) is 0. The van der Waals surface area contributed by atoms with Gasteiger partial charge in [0.2, 0.25) is 0 Å². The third-order valence-electron chi connectivity index (χ3n) is 1.85. The van der Waals surface area contributed by atoms with Crippen LogP contribution in [0.1, 0.15) is 18.4 Å². The first kappa shape index (κ1) is 11.4. The fourth-order valence-electron chi connectivity index (χ4n) is 1.10. The van der Waals surface area contributed by atoms with Gasteiger partial charge in [-0.2, -0.15) is 0 Å². The molecule has 0 N–H and O–H groups in total. The van der Waals surface area contributed by atoms with Gasteiger partial charge in [0.05, 0.1) is 0 Å². The first-order valence-corrected chi connectivity index (χ1v) is 5.65. The molecular formula is C12H12IO. The van der Waals surface area contributed by atoms with E-state index in [9.17, 15) is 4.79 Å². The molecule has 0 spiro atoms. The lowest BCUT2D eigenvalue weighted by molar-refractivity contribution is 0.552. The molecule has 0 aromatic heterocycles. The number of halogens is 1. The number of benzene rings is 1. The molecular weight excluding hydrogens is 287 g/mol. The van der Waals surface area contributed by atoms with Crippen LogP contribution in [0.25, 0.3) is 0 Å². The molecule has 0 aliphatic carbocycles. The molecule has 1 aromatic carbocycles. The Balaban J connectivity index is 2.34. The van der Waals surface area contributed by atoms with Crippen molar-refractivity contribution in [3.05, 3.63) is 45.6 Å². The molecule has 73 valence electrons. The van der Waals surface area contributed by atoms with Gasteiger partial charge in [-0.25, -0.2) is 0 Å². The first-order chi connectivity index (χ1) is 6.83. The standard InChI is InChI=1S/C12H12IO/c13-12-8-6-11(7-9-12)5-3-1-2-4-10-14/h1,3,6-9H,2,4-5H2. The Labute approximate surface area is 98.4 Å². The molecule has 0 amide bonds. The van der Waals surface area contributed by atoms with E-state index >= 15 is 0 Å². The number of hydrogen-bond acceptors (Lipinski definition) is 1. The third-order valence-corrected chi connectivity index (χ3v) is 2.57. The Bertz CT molecular complexity index is 301. The first-order valence-electron chi connectivity index (χ1n) is 4.57. The molecule has 2 heteroatoms. The van der Waals surface area contributed by atoms with E-state index in [4.69, 9.17) is 0 Å². The van der Waals surface area contributed by atoms with E-state index in [1.54, 1.807) is 0 Å². The van der Waals surface area contributed by atoms with Gasteiger partial charge in [-0.15, -0.1) is 0 Å². The van der Waals surface area contributed by atoms with Crippen molar-refractivity contribution in [3.8, 4) is 0 Å². The second kappa shape index (κ2) is 6.76. The lowest BCUT2D eigenvalue weighted by atomic mass is 10.1. The summed E-state index contributed by atoms with van der Waals surface area (Å²) in [7, 11) is 0. The lowest BCUT2D eigenvalue weighted by Gasteiger charge is -1.95. The molecule has 1 aromatic rings. The summed E-state index contributed by atoms with van der Waals surface area (Å²) in [5.74, 6) is 0. The minimum atomic E-state index is 0.503. The number of allylic oxidation sites excluding steroid dienone is 2. The minimum absolute atomic E-state index is 0.503. The van der Waals surface area contributed by atoms with E-state index in [-0.39, 0.29) is 0 Å². The van der Waals surface area contributed by atoms with Crippen molar-refractivity contribution in [1.29, 1.82) is 0 Å². The Morgan fingerprint density at radius 2 is 1.93 bits per heavy atom. The van der Waals surface area contributed by atoms with Crippen molar-refractivity contribution in [3.63, 3.8) is 0 Å². The molecule has 1 nitrogen and oxygen atoms in total. The summed E-state index contributed by atoms with van der Waals surface area (Å²) >= 11 is 2.29. The molecule has 0 bridgehead atoms. The topological polar surface area (TPSA) is 17.1 Å². The van der Waals surface area contributed by atoms with Crippen LogP contribution in [-0.2, 0) is 11.2 Å². The highest BCUT2D eigenvalue weighted by atomic mass is 127. The largest absolute Gasteiger partial charge is 0.291 e. The Morgan fingerprint density at radius 3 is 2.57 bits per heavy atom. The fraction of sp³-hybridized carbons (Fsp3) is 0.250. The molecule has 1 radical (unpaired) electrons. The van der Waals surface area contributed by atoms with Crippen LogP contribution in [0.15, 0.2) is 36.4 Å². The van der Waals surface area contributed by atoms with Gasteiger partial charge < -0.3 is 0 Å². The zero-order valence-corrected chi connectivity index (χ0v) is 10.0. The zero-order valence-electron chi connectivity index (χ0n) is 7.87. The van der Waals surface area contributed by atoms with E-state index in [1.807, 2.05) is 12.4 Å². The van der Waals surface area contributed by atoms with Crippen LogP contribution in [0, 0.1) is 3.57 Å². The summed E-state index contributed by atoms with van der Waals surface area (Å²) in [6.45, 7) is 0. The average Bonchev–Trinajstić information content (AvgIpc) is 2.21. The molecule has 0 aliphatic rings. The maximum Gasteiger partial charge on any atom is 0.198 e. The van der Waals surface area contributed by atoms with Gasteiger partial charge in [0.1, 0.15) is 0 Å². The predicted molar refractivity (Wildman–Crippen MR) is 66.9 cm³/mol. The average molecular weight is 299 g/mol. The maximum atomic E-state index is 9.92. The second-order valence-electron chi connectivity index (χ2n) is 2.99. The van der Waals surface area contributed by atoms with Crippen molar-refractivity contribution in [1.82, 2.24) is 0 Å². The van der Waals surface area contributed by atoms with Gasteiger partial charge in [0, 0.05) is 9.99 Å². The van der Waals surface area contributed by atoms with Crippen LogP contribution in [-0.4, -0.2) is 6.29 Å². The van der Waals surface area contributed by atoms with Crippen LogP contribution < -0.4 is 0 Å². The van der Waals surface area contributed by atoms with E-state index in [1.165, 1.54) is 9.13 Å². The lowest BCUT2D eigenvalue weighted by Crippen LogP contribution is -1.80. The number of unbranched alkanes of at least 4 members (excludes halogenated alkanes) is 1. The van der Waals surface area contributed by atoms with Crippen molar-refractivity contribution in [2.24, 2.45) is 0 Å². The summed E-state index contributed by atoms with van der Waals surface area (Å²) in [6, 6.07) is 8.45. The smallest absolute Gasteiger partial charge is 0.198 e. The van der Waals surface area contributed by atoms with Crippen LogP contribution in [0.4, 0.5) is 0 Å².